The predicted molar refractivity (Wildman–Crippen MR) is 89.5 cm³/mol. The van der Waals surface area contributed by atoms with Crippen molar-refractivity contribution in [2.24, 2.45) is 10.9 Å². The fourth-order valence-electron chi connectivity index (χ4n) is 2.91. The molecule has 27 heavy (non-hydrogen) atoms. The highest BCUT2D eigenvalue weighted by Crippen LogP contribution is 2.32. The third-order valence-electron chi connectivity index (χ3n) is 4.58. The van der Waals surface area contributed by atoms with Crippen LogP contribution < -0.4 is 5.68 Å². The Morgan fingerprint density at radius 1 is 1.33 bits per heavy atom. The molecule has 1 fully saturated rings. The molecule has 0 atom stereocenters. The second-order valence-corrected chi connectivity index (χ2v) is 7.15. The van der Waals surface area contributed by atoms with E-state index in [9.17, 15) is 22.4 Å². The van der Waals surface area contributed by atoms with Crippen molar-refractivity contribution in [1.82, 2.24) is 4.57 Å². The lowest BCUT2D eigenvalue weighted by atomic mass is 10.1. The molecule has 8 heteroatoms. The Morgan fingerprint density at radius 3 is 2.56 bits per heavy atom. The predicted octanol–water partition coefficient (Wildman–Crippen LogP) is 4.82. The van der Waals surface area contributed by atoms with Gasteiger partial charge in [0.15, 0.2) is 0 Å². The zero-order valence-electron chi connectivity index (χ0n) is 15.2. The summed E-state index contributed by atoms with van der Waals surface area (Å²) in [6.07, 6.45) is -2.56. The van der Waals surface area contributed by atoms with Crippen LogP contribution in [-0.4, -0.2) is 10.5 Å². The van der Waals surface area contributed by atoms with Gasteiger partial charge in [-0.25, -0.2) is 4.39 Å². The zero-order chi connectivity index (χ0) is 19.9. The van der Waals surface area contributed by atoms with Crippen molar-refractivity contribution in [1.29, 1.82) is 0 Å². The van der Waals surface area contributed by atoms with Crippen LogP contribution in [0.25, 0.3) is 0 Å². The van der Waals surface area contributed by atoms with Crippen LogP contribution in [0, 0.1) is 18.7 Å². The van der Waals surface area contributed by atoms with Gasteiger partial charge in [0.2, 0.25) is 0 Å². The van der Waals surface area contributed by atoms with Crippen molar-refractivity contribution in [3.63, 3.8) is 0 Å². The summed E-state index contributed by atoms with van der Waals surface area (Å²) in [5.41, 5.74) is -1.03. The van der Waals surface area contributed by atoms with Gasteiger partial charge in [-0.05, 0) is 43.9 Å². The molecule has 146 valence electrons. The molecule has 1 aromatic heterocycles. The molecule has 1 heterocycles. The van der Waals surface area contributed by atoms with E-state index in [0.29, 0.717) is 36.4 Å². The second-order valence-electron chi connectivity index (χ2n) is 7.15. The van der Waals surface area contributed by atoms with E-state index in [-0.39, 0.29) is 11.6 Å². The largest absolute Gasteiger partial charge is 0.428 e. The van der Waals surface area contributed by atoms with Gasteiger partial charge in [0, 0.05) is 12.5 Å². The first-order chi connectivity index (χ1) is 12.6. The van der Waals surface area contributed by atoms with Crippen LogP contribution in [0.2, 0.25) is 0 Å². The summed E-state index contributed by atoms with van der Waals surface area (Å²) in [5, 5.41) is 0. The maximum atomic E-state index is 14.0. The Morgan fingerprint density at radius 2 is 2.00 bits per heavy atom. The summed E-state index contributed by atoms with van der Waals surface area (Å²) >= 11 is 0. The number of carbonyl (C=O) groups excluding carboxylic acids is 1. The molecule has 0 saturated heterocycles. The van der Waals surface area contributed by atoms with E-state index in [4.69, 9.17) is 4.42 Å². The van der Waals surface area contributed by atoms with Crippen LogP contribution in [0.15, 0.2) is 27.6 Å². The molecule has 3 rings (SSSR count). The van der Waals surface area contributed by atoms with E-state index >= 15 is 0 Å². The Labute approximate surface area is 153 Å². The van der Waals surface area contributed by atoms with E-state index in [1.807, 2.05) is 20.8 Å². The average molecular weight is 384 g/mol. The van der Waals surface area contributed by atoms with Gasteiger partial charge in [-0.1, -0.05) is 13.8 Å². The normalized spacial score (nSPS) is 15.6. The number of hydrogen-bond acceptors (Lipinski definition) is 2. The van der Waals surface area contributed by atoms with Crippen LogP contribution in [-0.2, 0) is 12.7 Å². The van der Waals surface area contributed by atoms with Crippen molar-refractivity contribution >= 4 is 5.91 Å². The molecule has 1 aliphatic carbocycles. The van der Waals surface area contributed by atoms with E-state index < -0.39 is 29.0 Å². The number of oxazole rings is 1. The van der Waals surface area contributed by atoms with Gasteiger partial charge in [0.05, 0.1) is 16.8 Å². The summed E-state index contributed by atoms with van der Waals surface area (Å²) in [5.74, 6) is -1.02. The molecule has 1 aromatic carbocycles. The fraction of sp³-hybridized carbons (Fsp3) is 0.474. The van der Waals surface area contributed by atoms with Crippen molar-refractivity contribution < 1.29 is 26.8 Å². The highest BCUT2D eigenvalue weighted by Gasteiger charge is 2.32. The van der Waals surface area contributed by atoms with Gasteiger partial charge >= 0.3 is 11.9 Å². The molecule has 0 bridgehead atoms. The highest BCUT2D eigenvalue weighted by molar-refractivity contribution is 5.95. The lowest BCUT2D eigenvalue weighted by Gasteiger charge is -2.08. The zero-order valence-corrected chi connectivity index (χ0v) is 15.2. The number of rotatable bonds is 4. The molecular formula is C19H20F4N2O2. The van der Waals surface area contributed by atoms with Crippen molar-refractivity contribution in [3.8, 4) is 0 Å². The van der Waals surface area contributed by atoms with Crippen molar-refractivity contribution in [3.05, 3.63) is 52.3 Å². The number of halogens is 4. The molecule has 0 spiro atoms. The minimum absolute atomic E-state index is 0.00934. The smallest absolute Gasteiger partial charge is 0.416 e. The first-order valence-electron chi connectivity index (χ1n) is 8.74. The van der Waals surface area contributed by atoms with E-state index in [0.717, 1.165) is 18.5 Å². The molecule has 1 aliphatic rings. The fourth-order valence-corrected chi connectivity index (χ4v) is 2.91. The number of hydrogen-bond donors (Lipinski definition) is 0. The minimum Gasteiger partial charge on any atom is -0.428 e. The monoisotopic (exact) mass is 384 g/mol. The number of amides is 1. The van der Waals surface area contributed by atoms with Gasteiger partial charge in [-0.3, -0.25) is 9.36 Å². The lowest BCUT2D eigenvalue weighted by molar-refractivity contribution is -0.137. The van der Waals surface area contributed by atoms with Crippen molar-refractivity contribution in [2.75, 3.05) is 0 Å². The number of alkyl halides is 3. The molecule has 2 aromatic rings. The standard InChI is InChI=1S/C19H20F4N2O2/c1-10(2)16-11(3)25(9-12-4-5-12)18(27-16)24-17(26)14-8-13(19(21,22)23)6-7-15(14)20/h6-8,10,12H,4-5,9H2,1-3H3. The molecule has 0 aliphatic heterocycles. The second kappa shape index (κ2) is 6.98. The Balaban J connectivity index is 2.06. The van der Waals surface area contributed by atoms with Gasteiger partial charge in [-0.15, -0.1) is 0 Å². The van der Waals surface area contributed by atoms with Gasteiger partial charge in [0.1, 0.15) is 11.6 Å². The van der Waals surface area contributed by atoms with Crippen LogP contribution in [0.5, 0.6) is 0 Å². The molecule has 0 radical (unpaired) electrons. The minimum atomic E-state index is -4.68. The Bertz CT molecular complexity index is 934. The molecule has 0 N–H and O–H groups in total. The first kappa shape index (κ1) is 19.4. The average Bonchev–Trinajstić information content (AvgIpc) is 3.33. The topological polar surface area (TPSA) is 47.5 Å². The maximum Gasteiger partial charge on any atom is 0.416 e. The SMILES string of the molecule is Cc1c(C(C)C)oc(=NC(=O)c2cc(C(F)(F)F)ccc2F)n1CC1CC1. The molecule has 1 amide bonds. The summed E-state index contributed by atoms with van der Waals surface area (Å²) in [4.78, 5) is 16.2. The van der Waals surface area contributed by atoms with E-state index in [1.165, 1.54) is 0 Å². The maximum absolute atomic E-state index is 14.0. The number of nitrogens with zero attached hydrogens (tertiary/aromatic N) is 2. The Kier molecular flexibility index (Phi) is 5.01. The summed E-state index contributed by atoms with van der Waals surface area (Å²) in [7, 11) is 0. The van der Waals surface area contributed by atoms with E-state index in [1.54, 1.807) is 4.57 Å². The van der Waals surface area contributed by atoms with Crippen LogP contribution in [0.3, 0.4) is 0 Å². The van der Waals surface area contributed by atoms with Gasteiger partial charge in [0.25, 0.3) is 5.91 Å². The summed E-state index contributed by atoms with van der Waals surface area (Å²) in [6, 6.07) is 1.69. The highest BCUT2D eigenvalue weighted by atomic mass is 19.4. The number of benzene rings is 1. The van der Waals surface area contributed by atoms with Crippen molar-refractivity contribution in [2.45, 2.75) is 52.3 Å². The van der Waals surface area contributed by atoms with Crippen LogP contribution >= 0.6 is 0 Å². The quantitative estimate of drug-likeness (QED) is 0.710. The third kappa shape index (κ3) is 4.14. The number of carbonyl (C=O) groups is 1. The lowest BCUT2D eigenvalue weighted by Crippen LogP contribution is -2.21. The van der Waals surface area contributed by atoms with Crippen LogP contribution in [0.1, 0.15) is 60.0 Å². The van der Waals surface area contributed by atoms with Gasteiger partial charge in [-0.2, -0.15) is 18.2 Å². The van der Waals surface area contributed by atoms with Crippen LogP contribution in [0.4, 0.5) is 17.6 Å². The third-order valence-corrected chi connectivity index (χ3v) is 4.58. The molecule has 1 saturated carbocycles. The number of aromatic nitrogens is 1. The molecule has 0 unspecified atom stereocenters. The Hall–Kier alpha value is -2.38. The molecular weight excluding hydrogens is 364 g/mol. The molecule has 4 nitrogen and oxygen atoms in total. The summed E-state index contributed by atoms with van der Waals surface area (Å²) < 4.78 is 60.0. The first-order valence-corrected chi connectivity index (χ1v) is 8.74. The summed E-state index contributed by atoms with van der Waals surface area (Å²) in [6.45, 7) is 6.30. The van der Waals surface area contributed by atoms with Gasteiger partial charge < -0.3 is 4.42 Å². The van der Waals surface area contributed by atoms with E-state index in [2.05, 4.69) is 4.99 Å².